The molecule has 3 amide bonds. The number of rotatable bonds is 1. The summed E-state index contributed by atoms with van der Waals surface area (Å²) in [6, 6.07) is 7.23. The zero-order valence-electron chi connectivity index (χ0n) is 11.1. The second kappa shape index (κ2) is 6.60. The molecule has 1 aromatic rings. The number of amides is 3. The van der Waals surface area contributed by atoms with Crippen LogP contribution in [0.25, 0.3) is 0 Å². The van der Waals surface area contributed by atoms with Crippen LogP contribution in [0, 0.1) is 0 Å². The highest BCUT2D eigenvalue weighted by atomic mass is 79.9. The van der Waals surface area contributed by atoms with Gasteiger partial charge in [-0.15, -0.1) is 0 Å². The Hall–Kier alpha value is -1.76. The zero-order valence-corrected chi connectivity index (χ0v) is 12.7. The predicted octanol–water partition coefficient (Wildman–Crippen LogP) is 2.37. The molecule has 6 nitrogen and oxygen atoms in total. The van der Waals surface area contributed by atoms with Crippen molar-refractivity contribution in [2.24, 2.45) is 0 Å². The summed E-state index contributed by atoms with van der Waals surface area (Å²) < 4.78 is 5.62. The molecule has 0 unspecified atom stereocenters. The van der Waals surface area contributed by atoms with E-state index in [-0.39, 0.29) is 12.1 Å². The Morgan fingerprint density at radius 1 is 1.10 bits per heavy atom. The number of anilines is 1. The van der Waals surface area contributed by atoms with Gasteiger partial charge >= 0.3 is 12.1 Å². The van der Waals surface area contributed by atoms with Crippen LogP contribution in [0.1, 0.15) is 0 Å². The van der Waals surface area contributed by atoms with Crippen LogP contribution in [0.3, 0.4) is 0 Å². The Bertz CT molecular complexity index is 484. The van der Waals surface area contributed by atoms with E-state index in [2.05, 4.69) is 26.0 Å². The van der Waals surface area contributed by atoms with E-state index in [1.54, 1.807) is 9.80 Å². The lowest BCUT2D eigenvalue weighted by molar-refractivity contribution is 0.0993. The molecule has 0 spiro atoms. The Balaban J connectivity index is 1.85. The Morgan fingerprint density at radius 3 is 2.20 bits per heavy atom. The third-order valence-electron chi connectivity index (χ3n) is 3.10. The zero-order chi connectivity index (χ0) is 14.5. The van der Waals surface area contributed by atoms with E-state index in [0.29, 0.717) is 26.2 Å². The molecule has 7 heteroatoms. The van der Waals surface area contributed by atoms with Crippen molar-refractivity contribution in [2.75, 3.05) is 38.6 Å². The molecule has 0 aromatic heterocycles. The van der Waals surface area contributed by atoms with Gasteiger partial charge in [0.05, 0.1) is 7.11 Å². The highest BCUT2D eigenvalue weighted by molar-refractivity contribution is 9.10. The van der Waals surface area contributed by atoms with Crippen LogP contribution >= 0.6 is 15.9 Å². The van der Waals surface area contributed by atoms with Crippen molar-refractivity contribution >= 4 is 33.7 Å². The van der Waals surface area contributed by atoms with Crippen LogP contribution in [-0.2, 0) is 4.74 Å². The molecule has 0 atom stereocenters. The summed E-state index contributed by atoms with van der Waals surface area (Å²) in [4.78, 5) is 26.7. The molecule has 0 bridgehead atoms. The van der Waals surface area contributed by atoms with Gasteiger partial charge in [0.25, 0.3) is 0 Å². The van der Waals surface area contributed by atoms with Gasteiger partial charge in [-0.2, -0.15) is 0 Å². The summed E-state index contributed by atoms with van der Waals surface area (Å²) in [6.07, 6.45) is -0.349. The van der Waals surface area contributed by atoms with Gasteiger partial charge in [0, 0.05) is 36.3 Å². The minimum Gasteiger partial charge on any atom is -0.453 e. The fourth-order valence-electron chi connectivity index (χ4n) is 1.96. The average molecular weight is 342 g/mol. The van der Waals surface area contributed by atoms with Crippen molar-refractivity contribution in [3.63, 3.8) is 0 Å². The normalized spacial score (nSPS) is 14.9. The lowest BCUT2D eigenvalue weighted by atomic mass is 10.3. The summed E-state index contributed by atoms with van der Waals surface area (Å²) in [5.41, 5.74) is 0.744. The monoisotopic (exact) mass is 341 g/mol. The summed E-state index contributed by atoms with van der Waals surface area (Å²) in [7, 11) is 1.36. The molecule has 1 heterocycles. The Labute approximate surface area is 125 Å². The van der Waals surface area contributed by atoms with Gasteiger partial charge < -0.3 is 19.9 Å². The van der Waals surface area contributed by atoms with Gasteiger partial charge in [-0.3, -0.25) is 0 Å². The molecule has 1 saturated heterocycles. The van der Waals surface area contributed by atoms with E-state index in [0.717, 1.165) is 10.2 Å². The number of urea groups is 1. The molecule has 108 valence electrons. The number of halogens is 1. The summed E-state index contributed by atoms with van der Waals surface area (Å²) in [5.74, 6) is 0. The van der Waals surface area contributed by atoms with Crippen LogP contribution in [0.4, 0.5) is 15.3 Å². The summed E-state index contributed by atoms with van der Waals surface area (Å²) in [5, 5.41) is 2.83. The Morgan fingerprint density at radius 2 is 1.65 bits per heavy atom. The van der Waals surface area contributed by atoms with Crippen LogP contribution in [0.5, 0.6) is 0 Å². The number of nitrogens with one attached hydrogen (secondary N) is 1. The first-order chi connectivity index (χ1) is 9.60. The average Bonchev–Trinajstić information content (AvgIpc) is 2.49. The van der Waals surface area contributed by atoms with Gasteiger partial charge in [-0.1, -0.05) is 15.9 Å². The maximum absolute atomic E-state index is 12.1. The van der Waals surface area contributed by atoms with Crippen LogP contribution in [0.15, 0.2) is 28.7 Å². The van der Waals surface area contributed by atoms with Gasteiger partial charge in [-0.25, -0.2) is 9.59 Å². The van der Waals surface area contributed by atoms with Crippen LogP contribution in [0.2, 0.25) is 0 Å². The third kappa shape index (κ3) is 3.63. The highest BCUT2D eigenvalue weighted by Gasteiger charge is 2.24. The van der Waals surface area contributed by atoms with Crippen molar-refractivity contribution in [3.8, 4) is 0 Å². The quantitative estimate of drug-likeness (QED) is 0.852. The molecular weight excluding hydrogens is 326 g/mol. The molecule has 1 N–H and O–H groups in total. The molecule has 1 fully saturated rings. The number of carbonyl (C=O) groups is 2. The Kier molecular flexibility index (Phi) is 4.84. The summed E-state index contributed by atoms with van der Waals surface area (Å²) in [6.45, 7) is 1.97. The standard InChI is InChI=1S/C13H16BrN3O3/c1-20-13(19)17-8-6-16(7-9-17)12(18)15-11-4-2-10(14)3-5-11/h2-5H,6-9H2,1H3,(H,15,18). The van der Waals surface area contributed by atoms with Crippen molar-refractivity contribution in [2.45, 2.75) is 0 Å². The molecule has 1 aromatic carbocycles. The van der Waals surface area contributed by atoms with Gasteiger partial charge in [0.2, 0.25) is 0 Å². The number of carbonyl (C=O) groups excluding carboxylic acids is 2. The van der Waals surface area contributed by atoms with E-state index in [1.165, 1.54) is 7.11 Å². The van der Waals surface area contributed by atoms with Crippen molar-refractivity contribution in [1.29, 1.82) is 0 Å². The lowest BCUT2D eigenvalue weighted by Crippen LogP contribution is -2.51. The minimum atomic E-state index is -0.349. The number of methoxy groups -OCH3 is 1. The van der Waals surface area contributed by atoms with Crippen molar-refractivity contribution in [1.82, 2.24) is 9.80 Å². The first kappa shape index (κ1) is 14.6. The number of benzene rings is 1. The SMILES string of the molecule is COC(=O)N1CCN(C(=O)Nc2ccc(Br)cc2)CC1. The number of ether oxygens (including phenoxy) is 1. The number of nitrogens with zero attached hydrogens (tertiary/aromatic N) is 2. The number of hydrogen-bond acceptors (Lipinski definition) is 3. The van der Waals surface area contributed by atoms with Crippen LogP contribution < -0.4 is 5.32 Å². The lowest BCUT2D eigenvalue weighted by Gasteiger charge is -2.33. The molecular formula is C13H16BrN3O3. The smallest absolute Gasteiger partial charge is 0.409 e. The largest absolute Gasteiger partial charge is 0.453 e. The van der Waals surface area contributed by atoms with Crippen molar-refractivity contribution in [3.05, 3.63) is 28.7 Å². The first-order valence-electron chi connectivity index (χ1n) is 6.24. The highest BCUT2D eigenvalue weighted by Crippen LogP contribution is 2.15. The fourth-order valence-corrected chi connectivity index (χ4v) is 2.22. The van der Waals surface area contributed by atoms with E-state index in [9.17, 15) is 9.59 Å². The first-order valence-corrected chi connectivity index (χ1v) is 7.04. The van der Waals surface area contributed by atoms with Gasteiger partial charge in [0.15, 0.2) is 0 Å². The van der Waals surface area contributed by atoms with E-state index < -0.39 is 0 Å². The third-order valence-corrected chi connectivity index (χ3v) is 3.62. The van der Waals surface area contributed by atoms with Gasteiger partial charge in [0.1, 0.15) is 0 Å². The molecule has 20 heavy (non-hydrogen) atoms. The molecule has 2 rings (SSSR count). The second-order valence-corrected chi connectivity index (χ2v) is 5.30. The fraction of sp³-hybridized carbons (Fsp3) is 0.385. The topological polar surface area (TPSA) is 61.9 Å². The maximum Gasteiger partial charge on any atom is 0.409 e. The molecule has 1 aliphatic heterocycles. The van der Waals surface area contributed by atoms with E-state index in [1.807, 2.05) is 24.3 Å². The molecule has 0 aliphatic carbocycles. The van der Waals surface area contributed by atoms with E-state index >= 15 is 0 Å². The van der Waals surface area contributed by atoms with Crippen LogP contribution in [-0.4, -0.2) is 55.2 Å². The van der Waals surface area contributed by atoms with Gasteiger partial charge in [-0.05, 0) is 24.3 Å². The molecule has 0 saturated carbocycles. The summed E-state index contributed by atoms with van der Waals surface area (Å²) >= 11 is 3.34. The second-order valence-electron chi connectivity index (χ2n) is 4.38. The molecule has 0 radical (unpaired) electrons. The number of hydrogen-bond donors (Lipinski definition) is 1. The molecule has 1 aliphatic rings. The van der Waals surface area contributed by atoms with Crippen molar-refractivity contribution < 1.29 is 14.3 Å². The number of piperazine rings is 1. The maximum atomic E-state index is 12.1. The minimum absolute atomic E-state index is 0.156. The predicted molar refractivity (Wildman–Crippen MR) is 78.7 cm³/mol. The van der Waals surface area contributed by atoms with E-state index in [4.69, 9.17) is 0 Å².